The van der Waals surface area contributed by atoms with Gasteiger partial charge in [0.1, 0.15) is 12.4 Å². The van der Waals surface area contributed by atoms with Crippen molar-refractivity contribution in [1.82, 2.24) is 9.47 Å². The highest BCUT2D eigenvalue weighted by Crippen LogP contribution is 2.15. The molecule has 0 bridgehead atoms. The number of halogens is 1. The molecular weight excluding hydrogens is 345 g/mol. The van der Waals surface area contributed by atoms with Crippen molar-refractivity contribution in [2.45, 2.75) is 12.8 Å². The predicted octanol–water partition coefficient (Wildman–Crippen LogP) is -2.36. The van der Waals surface area contributed by atoms with E-state index in [1.54, 1.807) is 22.0 Å². The Bertz CT molecular complexity index is 388. The van der Waals surface area contributed by atoms with Gasteiger partial charge >= 0.3 is 6.03 Å². The molecule has 0 saturated carbocycles. The normalized spacial score (nSPS) is 16.1. The summed E-state index contributed by atoms with van der Waals surface area (Å²) in [6.45, 7) is 2.46. The van der Waals surface area contributed by atoms with E-state index >= 15 is 0 Å². The third-order valence-electron chi connectivity index (χ3n) is 3.19. The van der Waals surface area contributed by atoms with Crippen LogP contribution in [0.1, 0.15) is 12.8 Å². The molecule has 0 aliphatic carbocycles. The van der Waals surface area contributed by atoms with Gasteiger partial charge in [-0.05, 0) is 18.8 Å². The van der Waals surface area contributed by atoms with E-state index in [4.69, 9.17) is 4.74 Å². The van der Waals surface area contributed by atoms with Crippen molar-refractivity contribution in [2.75, 3.05) is 26.8 Å². The fourth-order valence-corrected chi connectivity index (χ4v) is 2.15. The quantitative estimate of drug-likeness (QED) is 0.435. The fraction of sp³-hybridized carbons (Fsp3) is 0.667. The molecule has 1 aromatic rings. The molecule has 0 aromatic carbocycles. The maximum atomic E-state index is 12.1. The van der Waals surface area contributed by atoms with E-state index in [1.165, 1.54) is 0 Å². The number of amides is 1. The van der Waals surface area contributed by atoms with Gasteiger partial charge in [0.2, 0.25) is 0 Å². The second kappa shape index (κ2) is 7.08. The Morgan fingerprint density at radius 2 is 2.17 bits per heavy atom. The van der Waals surface area contributed by atoms with E-state index in [-0.39, 0.29) is 30.0 Å². The number of imidazole rings is 1. The maximum absolute atomic E-state index is 12.1. The highest BCUT2D eigenvalue weighted by molar-refractivity contribution is 5.76. The van der Waals surface area contributed by atoms with Crippen LogP contribution in [0.15, 0.2) is 18.7 Å². The molecule has 0 radical (unpaired) electrons. The molecule has 5 nitrogen and oxygen atoms in total. The smallest absolute Gasteiger partial charge is 0.415 e. The van der Waals surface area contributed by atoms with Crippen molar-refractivity contribution in [1.29, 1.82) is 0 Å². The van der Waals surface area contributed by atoms with Crippen molar-refractivity contribution in [3.63, 3.8) is 0 Å². The van der Waals surface area contributed by atoms with Crippen molar-refractivity contribution in [3.8, 4) is 0 Å². The molecule has 1 fully saturated rings. The van der Waals surface area contributed by atoms with Crippen LogP contribution in [-0.2, 0) is 11.8 Å². The zero-order valence-electron chi connectivity index (χ0n) is 10.9. The zero-order valence-corrected chi connectivity index (χ0v) is 13.0. The zero-order chi connectivity index (χ0) is 12.3. The van der Waals surface area contributed by atoms with Gasteiger partial charge in [-0.25, -0.2) is 9.36 Å². The largest absolute Gasteiger partial charge is 1.00 e. The van der Waals surface area contributed by atoms with Crippen LogP contribution < -0.4 is 28.5 Å². The van der Waals surface area contributed by atoms with E-state index in [0.717, 1.165) is 32.6 Å². The van der Waals surface area contributed by atoms with Gasteiger partial charge in [-0.2, -0.15) is 4.57 Å². The number of carbonyl (C=O) groups is 1. The lowest BCUT2D eigenvalue weighted by Gasteiger charge is -2.25. The van der Waals surface area contributed by atoms with Crippen molar-refractivity contribution >= 4 is 6.03 Å². The summed E-state index contributed by atoms with van der Waals surface area (Å²) in [6.07, 6.45) is 7.53. The Morgan fingerprint density at radius 3 is 2.72 bits per heavy atom. The Hall–Kier alpha value is -0.630. The molecule has 0 N–H and O–H groups in total. The lowest BCUT2D eigenvalue weighted by atomic mass is 10.0. The van der Waals surface area contributed by atoms with E-state index in [9.17, 15) is 4.79 Å². The predicted molar refractivity (Wildman–Crippen MR) is 62.6 cm³/mol. The average molecular weight is 365 g/mol. The minimum Gasteiger partial charge on any atom is -1.00 e. The molecule has 102 valence electrons. The Balaban J connectivity index is 0.00000162. The molecule has 18 heavy (non-hydrogen) atoms. The van der Waals surface area contributed by atoms with E-state index in [1.807, 2.05) is 24.9 Å². The second-order valence-corrected chi connectivity index (χ2v) is 4.71. The molecule has 1 aliphatic heterocycles. The molecule has 1 aromatic heterocycles. The number of aryl methyl sites for hydroxylation is 1. The first kappa shape index (κ1) is 15.4. The number of rotatable bonds is 2. The van der Waals surface area contributed by atoms with Crippen LogP contribution in [0.2, 0.25) is 0 Å². The molecule has 2 rings (SSSR count). The van der Waals surface area contributed by atoms with Crippen LogP contribution >= 0.6 is 0 Å². The Morgan fingerprint density at radius 1 is 1.50 bits per heavy atom. The van der Waals surface area contributed by atoms with Gasteiger partial charge in [-0.1, -0.05) is 0 Å². The van der Waals surface area contributed by atoms with E-state index < -0.39 is 0 Å². The summed E-state index contributed by atoms with van der Waals surface area (Å²) >= 11 is 0. The van der Waals surface area contributed by atoms with Crippen LogP contribution in [0.3, 0.4) is 0 Å². The number of ether oxygens (including phenoxy) is 1. The van der Waals surface area contributed by atoms with Gasteiger partial charge in [0, 0.05) is 26.8 Å². The van der Waals surface area contributed by atoms with Crippen LogP contribution in [-0.4, -0.2) is 42.3 Å². The minimum absolute atomic E-state index is 0. The van der Waals surface area contributed by atoms with Gasteiger partial charge in [0.05, 0.1) is 7.05 Å². The Labute approximate surface area is 125 Å². The van der Waals surface area contributed by atoms with Crippen LogP contribution in [0.25, 0.3) is 0 Å². The summed E-state index contributed by atoms with van der Waals surface area (Å²) in [6, 6.07) is 0.0251. The van der Waals surface area contributed by atoms with Crippen molar-refractivity contribution in [2.24, 2.45) is 13.0 Å². The molecule has 1 saturated heterocycles. The highest BCUT2D eigenvalue weighted by Gasteiger charge is 2.22. The van der Waals surface area contributed by atoms with Gasteiger partial charge in [0.15, 0.2) is 0 Å². The molecule has 2 heterocycles. The molecule has 0 unspecified atom stereocenters. The average Bonchev–Trinajstić information content (AvgIpc) is 2.76. The summed E-state index contributed by atoms with van der Waals surface area (Å²) in [5, 5.41) is 0. The first-order chi connectivity index (χ1) is 8.16. The molecule has 1 amide bonds. The lowest BCUT2D eigenvalue weighted by molar-refractivity contribution is -0.670. The topological polar surface area (TPSA) is 38.4 Å². The standard InChI is InChI=1S/C12H20N3O2.HI/c1-13-5-6-15(10-13)12(16)14(2)9-11-3-7-17-8-4-11;/h5-6,10-11H,3-4,7-9H2,1-2H3;1H/q+1;/p-1. The van der Waals surface area contributed by atoms with Crippen LogP contribution in [0.5, 0.6) is 0 Å². The molecule has 0 atom stereocenters. The monoisotopic (exact) mass is 365 g/mol. The van der Waals surface area contributed by atoms with E-state index in [0.29, 0.717) is 5.92 Å². The van der Waals surface area contributed by atoms with Crippen molar-refractivity contribution in [3.05, 3.63) is 18.7 Å². The van der Waals surface area contributed by atoms with Gasteiger partial charge < -0.3 is 33.6 Å². The lowest BCUT2D eigenvalue weighted by Crippen LogP contribution is -3.00. The van der Waals surface area contributed by atoms with Crippen LogP contribution in [0.4, 0.5) is 4.79 Å². The second-order valence-electron chi connectivity index (χ2n) is 4.71. The van der Waals surface area contributed by atoms with E-state index in [2.05, 4.69) is 0 Å². The summed E-state index contributed by atoms with van der Waals surface area (Å²) in [5.41, 5.74) is 0. The van der Waals surface area contributed by atoms with Crippen molar-refractivity contribution < 1.29 is 38.1 Å². The summed E-state index contributed by atoms with van der Waals surface area (Å²) in [5.74, 6) is 0.571. The Kier molecular flexibility index (Phi) is 6.07. The SMILES string of the molecule is CN(CC1CCOCC1)C(=O)n1cc[n+](C)c1.[I-]. The summed E-state index contributed by atoms with van der Waals surface area (Å²) in [7, 11) is 3.76. The molecular formula is C12H20IN3O2. The third kappa shape index (κ3) is 3.94. The number of aromatic nitrogens is 2. The van der Waals surface area contributed by atoms with Gasteiger partial charge in [0.25, 0.3) is 6.33 Å². The molecule has 1 aliphatic rings. The van der Waals surface area contributed by atoms with Gasteiger partial charge in [-0.15, -0.1) is 0 Å². The van der Waals surface area contributed by atoms with Gasteiger partial charge in [-0.3, -0.25) is 0 Å². The maximum Gasteiger partial charge on any atom is 0.415 e. The highest BCUT2D eigenvalue weighted by atomic mass is 127. The summed E-state index contributed by atoms with van der Waals surface area (Å²) in [4.78, 5) is 13.9. The first-order valence-corrected chi connectivity index (χ1v) is 6.03. The third-order valence-corrected chi connectivity index (χ3v) is 3.19. The number of hydrogen-bond donors (Lipinski definition) is 0. The minimum atomic E-state index is 0. The first-order valence-electron chi connectivity index (χ1n) is 6.03. The number of carbonyl (C=O) groups excluding carboxylic acids is 1. The fourth-order valence-electron chi connectivity index (χ4n) is 2.15. The molecule has 6 heteroatoms. The number of hydrogen-bond acceptors (Lipinski definition) is 2. The summed E-state index contributed by atoms with van der Waals surface area (Å²) < 4.78 is 8.79. The molecule has 0 spiro atoms. The number of nitrogens with zero attached hydrogens (tertiary/aromatic N) is 3. The van der Waals surface area contributed by atoms with Crippen LogP contribution in [0, 0.1) is 5.92 Å².